The molecule has 1 aliphatic heterocycles. The van der Waals surface area contributed by atoms with Gasteiger partial charge in [-0.1, -0.05) is 0 Å². The topological polar surface area (TPSA) is 50.4 Å². The van der Waals surface area contributed by atoms with Gasteiger partial charge in [0.1, 0.15) is 0 Å². The van der Waals surface area contributed by atoms with E-state index in [1.807, 2.05) is 0 Å². The second kappa shape index (κ2) is 3.53. The fourth-order valence-corrected chi connectivity index (χ4v) is 0.981. The van der Waals surface area contributed by atoms with E-state index in [9.17, 15) is 4.79 Å². The maximum Gasteiger partial charge on any atom is 0.222 e. The zero-order valence-corrected chi connectivity index (χ0v) is 6.02. The molecular weight excluding hydrogens is 132 g/mol. The first kappa shape index (κ1) is 7.50. The third kappa shape index (κ3) is 1.97. The lowest BCUT2D eigenvalue weighted by atomic mass is 10.2. The van der Waals surface area contributed by atoms with Crippen molar-refractivity contribution in [3.8, 4) is 0 Å². The molecule has 0 aromatic heterocycles. The number of amides is 1. The molecule has 1 rings (SSSR count). The summed E-state index contributed by atoms with van der Waals surface area (Å²) in [6.07, 6.45) is 0.522. The molecule has 1 atom stereocenters. The van der Waals surface area contributed by atoms with Crippen LogP contribution in [0.1, 0.15) is 6.42 Å². The largest absolute Gasteiger partial charge is 0.383 e. The minimum Gasteiger partial charge on any atom is -0.383 e. The van der Waals surface area contributed by atoms with Crippen molar-refractivity contribution in [2.45, 2.75) is 12.5 Å². The third-order valence-electron chi connectivity index (χ3n) is 1.48. The van der Waals surface area contributed by atoms with Gasteiger partial charge in [-0.05, 0) is 0 Å². The summed E-state index contributed by atoms with van der Waals surface area (Å²) in [5.41, 5.74) is 0. The average Bonchev–Trinajstić information content (AvgIpc) is 1.88. The van der Waals surface area contributed by atoms with E-state index in [0.29, 0.717) is 19.7 Å². The van der Waals surface area contributed by atoms with Crippen LogP contribution < -0.4 is 10.6 Å². The summed E-state index contributed by atoms with van der Waals surface area (Å²) in [6.45, 7) is 1.17. The molecule has 0 spiro atoms. The fourth-order valence-electron chi connectivity index (χ4n) is 0.981. The smallest absolute Gasteiger partial charge is 0.222 e. The van der Waals surface area contributed by atoms with Crippen molar-refractivity contribution < 1.29 is 9.53 Å². The van der Waals surface area contributed by atoms with Gasteiger partial charge in [0, 0.05) is 19.6 Å². The summed E-state index contributed by atoms with van der Waals surface area (Å²) < 4.78 is 4.89. The Labute approximate surface area is 59.9 Å². The fraction of sp³-hybridized carbons (Fsp3) is 0.833. The Morgan fingerprint density at radius 3 is 3.20 bits per heavy atom. The minimum atomic E-state index is 0.0980. The van der Waals surface area contributed by atoms with E-state index in [1.54, 1.807) is 7.11 Å². The van der Waals surface area contributed by atoms with Gasteiger partial charge in [-0.15, -0.1) is 0 Å². The first-order valence-corrected chi connectivity index (χ1v) is 3.32. The maximum absolute atomic E-state index is 10.7. The van der Waals surface area contributed by atoms with Crippen molar-refractivity contribution in [1.29, 1.82) is 0 Å². The van der Waals surface area contributed by atoms with Gasteiger partial charge >= 0.3 is 0 Å². The predicted octanol–water partition coefficient (Wildman–Crippen LogP) is -0.932. The molecule has 2 N–H and O–H groups in total. The van der Waals surface area contributed by atoms with Crippen molar-refractivity contribution in [3.63, 3.8) is 0 Å². The van der Waals surface area contributed by atoms with E-state index in [-0.39, 0.29) is 11.9 Å². The zero-order valence-electron chi connectivity index (χ0n) is 6.02. The lowest BCUT2D eigenvalue weighted by Gasteiger charge is -2.22. The van der Waals surface area contributed by atoms with Gasteiger partial charge in [-0.3, -0.25) is 10.1 Å². The Bertz CT molecular complexity index is 125. The highest BCUT2D eigenvalue weighted by atomic mass is 16.5. The summed E-state index contributed by atoms with van der Waals surface area (Å²) >= 11 is 0. The third-order valence-corrected chi connectivity index (χ3v) is 1.48. The van der Waals surface area contributed by atoms with E-state index in [1.165, 1.54) is 0 Å². The van der Waals surface area contributed by atoms with Crippen molar-refractivity contribution in [3.05, 3.63) is 0 Å². The monoisotopic (exact) mass is 144 g/mol. The van der Waals surface area contributed by atoms with E-state index in [0.717, 1.165) is 0 Å². The van der Waals surface area contributed by atoms with E-state index in [4.69, 9.17) is 4.74 Å². The van der Waals surface area contributed by atoms with Gasteiger partial charge in [0.25, 0.3) is 0 Å². The number of hydrogen-bond acceptors (Lipinski definition) is 3. The highest BCUT2D eigenvalue weighted by Crippen LogP contribution is 1.95. The first-order valence-electron chi connectivity index (χ1n) is 3.32. The molecule has 58 valence electrons. The first-order chi connectivity index (χ1) is 4.83. The van der Waals surface area contributed by atoms with Crippen LogP contribution in [0.5, 0.6) is 0 Å². The van der Waals surface area contributed by atoms with Crippen molar-refractivity contribution >= 4 is 5.91 Å². The number of nitrogens with one attached hydrogen (secondary N) is 2. The van der Waals surface area contributed by atoms with Crippen LogP contribution in [0.2, 0.25) is 0 Å². The molecule has 1 amide bonds. The number of carbonyl (C=O) groups is 1. The molecule has 1 fully saturated rings. The van der Waals surface area contributed by atoms with Crippen molar-refractivity contribution in [2.75, 3.05) is 20.4 Å². The van der Waals surface area contributed by atoms with Crippen LogP contribution >= 0.6 is 0 Å². The Balaban J connectivity index is 2.25. The molecule has 4 nitrogen and oxygen atoms in total. The predicted molar refractivity (Wildman–Crippen MR) is 36.4 cm³/mol. The van der Waals surface area contributed by atoms with E-state index < -0.39 is 0 Å². The Kier molecular flexibility index (Phi) is 2.65. The van der Waals surface area contributed by atoms with Crippen LogP contribution in [-0.4, -0.2) is 32.3 Å². The van der Waals surface area contributed by atoms with Crippen LogP contribution in [0.25, 0.3) is 0 Å². The molecule has 1 saturated heterocycles. The van der Waals surface area contributed by atoms with Crippen LogP contribution in [0.4, 0.5) is 0 Å². The number of hydrogen-bond donors (Lipinski definition) is 2. The van der Waals surface area contributed by atoms with Crippen LogP contribution in [0.15, 0.2) is 0 Å². The number of ether oxygens (including phenoxy) is 1. The summed E-state index contributed by atoms with van der Waals surface area (Å²) in [7, 11) is 1.63. The van der Waals surface area contributed by atoms with Crippen LogP contribution in [-0.2, 0) is 9.53 Å². The lowest BCUT2D eigenvalue weighted by Crippen LogP contribution is -2.49. The molecule has 0 aliphatic carbocycles. The maximum atomic E-state index is 10.7. The van der Waals surface area contributed by atoms with Gasteiger partial charge in [0.15, 0.2) is 0 Å². The molecule has 0 aromatic carbocycles. The lowest BCUT2D eigenvalue weighted by molar-refractivity contribution is -0.123. The molecule has 0 bridgehead atoms. The second-order valence-corrected chi connectivity index (χ2v) is 2.34. The number of methoxy groups -OCH3 is 1. The minimum absolute atomic E-state index is 0.0980. The molecule has 1 unspecified atom stereocenters. The van der Waals surface area contributed by atoms with E-state index in [2.05, 4.69) is 10.6 Å². The van der Waals surface area contributed by atoms with Gasteiger partial charge in [0.2, 0.25) is 5.91 Å². The Morgan fingerprint density at radius 1 is 1.80 bits per heavy atom. The zero-order chi connectivity index (χ0) is 7.40. The van der Waals surface area contributed by atoms with Gasteiger partial charge < -0.3 is 10.1 Å². The molecule has 1 heterocycles. The van der Waals surface area contributed by atoms with Crippen molar-refractivity contribution in [2.24, 2.45) is 0 Å². The molecule has 10 heavy (non-hydrogen) atoms. The highest BCUT2D eigenvalue weighted by Gasteiger charge is 2.16. The second-order valence-electron chi connectivity index (χ2n) is 2.34. The van der Waals surface area contributed by atoms with Gasteiger partial charge in [0.05, 0.1) is 13.3 Å². The molecule has 4 heteroatoms. The molecule has 1 aliphatic rings. The summed E-state index contributed by atoms with van der Waals surface area (Å²) in [6, 6.07) is 0.193. The Morgan fingerprint density at radius 2 is 2.60 bits per heavy atom. The van der Waals surface area contributed by atoms with Crippen LogP contribution in [0, 0.1) is 0 Å². The standard InChI is InChI=1S/C6H12N2O2/c1-10-3-5-2-6(9)8-4-7-5/h5,7H,2-4H2,1H3,(H,8,9). The van der Waals surface area contributed by atoms with Gasteiger partial charge in [-0.25, -0.2) is 0 Å². The molecule has 0 saturated carbocycles. The Hall–Kier alpha value is -0.610. The number of rotatable bonds is 2. The quantitative estimate of drug-likeness (QED) is 0.526. The average molecular weight is 144 g/mol. The van der Waals surface area contributed by atoms with Gasteiger partial charge in [-0.2, -0.15) is 0 Å². The van der Waals surface area contributed by atoms with E-state index >= 15 is 0 Å². The molecule has 0 aromatic rings. The number of carbonyl (C=O) groups excluding carboxylic acids is 1. The van der Waals surface area contributed by atoms with Crippen molar-refractivity contribution in [1.82, 2.24) is 10.6 Å². The SMILES string of the molecule is COCC1CC(=O)NCN1. The summed E-state index contributed by atoms with van der Waals surface area (Å²) in [5.74, 6) is 0.0980. The molecule has 0 radical (unpaired) electrons. The summed E-state index contributed by atoms with van der Waals surface area (Å²) in [4.78, 5) is 10.7. The summed E-state index contributed by atoms with van der Waals surface area (Å²) in [5, 5.41) is 5.76. The highest BCUT2D eigenvalue weighted by molar-refractivity contribution is 5.77. The molecular formula is C6H12N2O2. The van der Waals surface area contributed by atoms with Crippen LogP contribution in [0.3, 0.4) is 0 Å². The normalized spacial score (nSPS) is 26.1.